The second-order valence-corrected chi connectivity index (χ2v) is 6.63. The third kappa shape index (κ3) is 6.49. The maximum Gasteiger partial charge on any atom is 0.315 e. The highest BCUT2D eigenvalue weighted by atomic mass is 16.3. The van der Waals surface area contributed by atoms with E-state index in [4.69, 9.17) is 5.11 Å². The van der Waals surface area contributed by atoms with Crippen molar-refractivity contribution in [3.8, 4) is 0 Å². The molecule has 1 aliphatic rings. The average molecular weight is 333 g/mol. The molecule has 0 radical (unpaired) electrons. The van der Waals surface area contributed by atoms with Gasteiger partial charge in [-0.2, -0.15) is 0 Å². The Morgan fingerprint density at radius 1 is 1.21 bits per heavy atom. The zero-order chi connectivity index (χ0) is 17.2. The lowest BCUT2D eigenvalue weighted by atomic mass is 10.1. The quantitative estimate of drug-likeness (QED) is 0.719. The fourth-order valence-electron chi connectivity index (χ4n) is 3.09. The molecule has 1 atom stereocenters. The molecule has 0 aromatic heterocycles. The first-order valence-corrected chi connectivity index (χ1v) is 9.16. The minimum absolute atomic E-state index is 0.0325. The summed E-state index contributed by atoms with van der Waals surface area (Å²) in [6.07, 6.45) is 6.01. The number of carbonyl (C=O) groups excluding carboxylic acids is 1. The first kappa shape index (κ1) is 18.7. The number of aliphatic hydroxyl groups excluding tert-OH is 1. The van der Waals surface area contributed by atoms with Crippen LogP contribution in [0, 0.1) is 0 Å². The highest BCUT2D eigenvalue weighted by molar-refractivity contribution is 5.74. The van der Waals surface area contributed by atoms with Gasteiger partial charge in [-0.3, -0.25) is 4.90 Å². The zero-order valence-corrected chi connectivity index (χ0v) is 14.8. The van der Waals surface area contributed by atoms with Crippen LogP contribution in [-0.4, -0.2) is 41.8 Å². The Labute approximate surface area is 145 Å². The maximum atomic E-state index is 11.8. The summed E-state index contributed by atoms with van der Waals surface area (Å²) < 4.78 is 0. The summed E-state index contributed by atoms with van der Waals surface area (Å²) in [6.45, 7) is 5.77. The Bertz CT molecular complexity index is 495. The normalized spacial score (nSPS) is 17.1. The van der Waals surface area contributed by atoms with E-state index in [1.165, 1.54) is 44.3 Å². The van der Waals surface area contributed by atoms with E-state index >= 15 is 0 Å². The third-order valence-corrected chi connectivity index (χ3v) is 4.60. The van der Waals surface area contributed by atoms with Crippen molar-refractivity contribution in [1.82, 2.24) is 15.5 Å². The van der Waals surface area contributed by atoms with Gasteiger partial charge in [-0.15, -0.1) is 0 Å². The Balaban J connectivity index is 1.82. The van der Waals surface area contributed by atoms with E-state index in [-0.39, 0.29) is 18.7 Å². The molecule has 2 rings (SSSR count). The highest BCUT2D eigenvalue weighted by Crippen LogP contribution is 2.14. The summed E-state index contributed by atoms with van der Waals surface area (Å²) in [7, 11) is 0. The second-order valence-electron chi connectivity index (χ2n) is 6.63. The van der Waals surface area contributed by atoms with Crippen LogP contribution in [0.25, 0.3) is 0 Å². The molecule has 3 N–H and O–H groups in total. The lowest BCUT2D eigenvalue weighted by Gasteiger charge is -2.20. The number of urea groups is 1. The standard InChI is InChI=1S/C19H31N3O2/c1-2-18(15-23)21-19(24)20-13-16-8-7-9-17(12-16)14-22-10-5-3-4-6-11-22/h7-9,12,18,23H,2-6,10-11,13-15H2,1H3,(H2,20,21,24). The van der Waals surface area contributed by atoms with Crippen LogP contribution in [0.4, 0.5) is 4.79 Å². The molecule has 24 heavy (non-hydrogen) atoms. The molecule has 0 spiro atoms. The maximum absolute atomic E-state index is 11.8. The molecule has 2 amide bonds. The van der Waals surface area contributed by atoms with E-state index in [2.05, 4.69) is 33.7 Å². The molecule has 0 bridgehead atoms. The predicted molar refractivity (Wildman–Crippen MR) is 96.7 cm³/mol. The Kier molecular flexibility index (Phi) is 8.05. The van der Waals surface area contributed by atoms with E-state index in [1.54, 1.807) is 0 Å². The topological polar surface area (TPSA) is 64.6 Å². The van der Waals surface area contributed by atoms with Crippen LogP contribution in [0.1, 0.15) is 50.2 Å². The second kappa shape index (κ2) is 10.3. The van der Waals surface area contributed by atoms with Gasteiger partial charge < -0.3 is 15.7 Å². The van der Waals surface area contributed by atoms with Crippen molar-refractivity contribution in [3.05, 3.63) is 35.4 Å². The van der Waals surface area contributed by atoms with E-state index in [0.717, 1.165) is 18.5 Å². The number of carbonyl (C=O) groups is 1. The summed E-state index contributed by atoms with van der Waals surface area (Å²) in [5.74, 6) is 0. The van der Waals surface area contributed by atoms with Gasteiger partial charge in [-0.1, -0.05) is 44.0 Å². The average Bonchev–Trinajstić information content (AvgIpc) is 2.87. The van der Waals surface area contributed by atoms with Crippen molar-refractivity contribution >= 4 is 6.03 Å². The van der Waals surface area contributed by atoms with Gasteiger partial charge in [-0.05, 0) is 43.5 Å². The monoisotopic (exact) mass is 333 g/mol. The van der Waals surface area contributed by atoms with Gasteiger partial charge in [0.2, 0.25) is 0 Å². The van der Waals surface area contributed by atoms with Gasteiger partial charge in [0.25, 0.3) is 0 Å². The number of hydrogen-bond acceptors (Lipinski definition) is 3. The molecule has 1 unspecified atom stereocenters. The van der Waals surface area contributed by atoms with Crippen LogP contribution in [-0.2, 0) is 13.1 Å². The highest BCUT2D eigenvalue weighted by Gasteiger charge is 2.11. The van der Waals surface area contributed by atoms with Crippen molar-refractivity contribution in [2.24, 2.45) is 0 Å². The molecule has 1 heterocycles. The molecule has 0 aliphatic carbocycles. The van der Waals surface area contributed by atoms with Crippen LogP contribution < -0.4 is 10.6 Å². The summed E-state index contributed by atoms with van der Waals surface area (Å²) >= 11 is 0. The van der Waals surface area contributed by atoms with Crippen LogP contribution in [0.15, 0.2) is 24.3 Å². The molecule has 5 heteroatoms. The van der Waals surface area contributed by atoms with E-state index in [9.17, 15) is 4.79 Å². The third-order valence-electron chi connectivity index (χ3n) is 4.60. The van der Waals surface area contributed by atoms with Gasteiger partial charge in [0.15, 0.2) is 0 Å². The van der Waals surface area contributed by atoms with Crippen LogP contribution in [0.3, 0.4) is 0 Å². The summed E-state index contributed by atoms with van der Waals surface area (Å²) in [4.78, 5) is 14.4. The molecule has 1 aromatic rings. The van der Waals surface area contributed by atoms with Crippen molar-refractivity contribution < 1.29 is 9.90 Å². The Morgan fingerprint density at radius 2 is 1.92 bits per heavy atom. The molecule has 5 nitrogen and oxygen atoms in total. The van der Waals surface area contributed by atoms with Gasteiger partial charge >= 0.3 is 6.03 Å². The Hall–Kier alpha value is -1.59. The number of amides is 2. The van der Waals surface area contributed by atoms with Crippen molar-refractivity contribution in [2.45, 2.75) is 58.2 Å². The van der Waals surface area contributed by atoms with E-state index in [0.29, 0.717) is 6.54 Å². The van der Waals surface area contributed by atoms with E-state index in [1.807, 2.05) is 13.0 Å². The molecular formula is C19H31N3O2. The van der Waals surface area contributed by atoms with Crippen LogP contribution >= 0.6 is 0 Å². The van der Waals surface area contributed by atoms with Gasteiger partial charge in [0.1, 0.15) is 0 Å². The minimum Gasteiger partial charge on any atom is -0.394 e. The zero-order valence-electron chi connectivity index (χ0n) is 14.8. The molecule has 1 aromatic carbocycles. The van der Waals surface area contributed by atoms with Gasteiger partial charge in [0, 0.05) is 13.1 Å². The molecule has 1 saturated heterocycles. The van der Waals surface area contributed by atoms with Gasteiger partial charge in [0.05, 0.1) is 12.6 Å². The van der Waals surface area contributed by atoms with Crippen LogP contribution in [0.2, 0.25) is 0 Å². The first-order valence-electron chi connectivity index (χ1n) is 9.16. The minimum atomic E-state index is -0.228. The number of hydrogen-bond donors (Lipinski definition) is 3. The molecule has 0 saturated carbocycles. The largest absolute Gasteiger partial charge is 0.394 e. The number of nitrogens with zero attached hydrogens (tertiary/aromatic N) is 1. The number of benzene rings is 1. The summed E-state index contributed by atoms with van der Waals surface area (Å²) in [5, 5.41) is 14.8. The van der Waals surface area contributed by atoms with E-state index < -0.39 is 0 Å². The molecular weight excluding hydrogens is 302 g/mol. The first-order chi connectivity index (χ1) is 11.7. The number of likely N-dealkylation sites (tertiary alicyclic amines) is 1. The van der Waals surface area contributed by atoms with Gasteiger partial charge in [-0.25, -0.2) is 4.79 Å². The lowest BCUT2D eigenvalue weighted by molar-refractivity contribution is 0.214. The van der Waals surface area contributed by atoms with Crippen LogP contribution in [0.5, 0.6) is 0 Å². The fraction of sp³-hybridized carbons (Fsp3) is 0.632. The van der Waals surface area contributed by atoms with Crippen molar-refractivity contribution in [2.75, 3.05) is 19.7 Å². The predicted octanol–water partition coefficient (Wildman–Crippen LogP) is 2.63. The summed E-state index contributed by atoms with van der Waals surface area (Å²) in [6, 6.07) is 8.02. The van der Waals surface area contributed by atoms with Crippen molar-refractivity contribution in [1.29, 1.82) is 0 Å². The number of aliphatic hydroxyl groups is 1. The molecule has 134 valence electrons. The molecule has 1 fully saturated rings. The number of rotatable bonds is 7. The molecule has 1 aliphatic heterocycles. The SMILES string of the molecule is CCC(CO)NC(=O)NCc1cccc(CN2CCCCCC2)c1. The number of nitrogens with one attached hydrogen (secondary N) is 2. The summed E-state index contributed by atoms with van der Waals surface area (Å²) in [5.41, 5.74) is 2.41. The lowest BCUT2D eigenvalue weighted by Crippen LogP contribution is -2.43. The van der Waals surface area contributed by atoms with Crippen molar-refractivity contribution in [3.63, 3.8) is 0 Å². The smallest absolute Gasteiger partial charge is 0.315 e. The Morgan fingerprint density at radius 3 is 2.58 bits per heavy atom. The fourth-order valence-corrected chi connectivity index (χ4v) is 3.09.